The lowest BCUT2D eigenvalue weighted by atomic mass is 9.76. The molecule has 0 N–H and O–H groups in total. The minimum Gasteiger partial charge on any atom is -0.482 e. The molecule has 0 bridgehead atoms. The molecule has 0 fully saturated rings. The molecule has 3 rings (SSSR count). The minimum atomic E-state index is -0.561. The highest BCUT2D eigenvalue weighted by molar-refractivity contribution is 5.96. The summed E-state index contributed by atoms with van der Waals surface area (Å²) in [4.78, 5) is 29.9. The Bertz CT molecular complexity index is 1190. The maximum atomic E-state index is 13.3. The highest BCUT2D eigenvalue weighted by Gasteiger charge is 2.29. The zero-order valence-corrected chi connectivity index (χ0v) is 22.8. The predicted molar refractivity (Wildman–Crippen MR) is 145 cm³/mol. The second-order valence-corrected chi connectivity index (χ2v) is 10.8. The van der Waals surface area contributed by atoms with Crippen LogP contribution in [0.4, 0.5) is 0 Å². The predicted octanol–water partition coefficient (Wildman–Crippen LogP) is 6.92. The Kier molecular flexibility index (Phi) is 8.55. The molecule has 0 aliphatic rings. The van der Waals surface area contributed by atoms with E-state index in [2.05, 4.69) is 58.7 Å². The van der Waals surface area contributed by atoms with Crippen molar-refractivity contribution < 1.29 is 14.3 Å². The van der Waals surface area contributed by atoms with Crippen LogP contribution in [0.2, 0.25) is 0 Å². The smallest absolute Gasteiger partial charge is 0.263 e. The molecule has 0 aliphatic carbocycles. The third-order valence-corrected chi connectivity index (χ3v) is 7.55. The van der Waals surface area contributed by atoms with Crippen molar-refractivity contribution in [3.8, 4) is 5.75 Å². The summed E-state index contributed by atoms with van der Waals surface area (Å²) in [7, 11) is 0. The van der Waals surface area contributed by atoms with E-state index < -0.39 is 6.10 Å². The molecule has 0 amide bonds. The summed E-state index contributed by atoms with van der Waals surface area (Å²) < 4.78 is 7.86. The lowest BCUT2D eigenvalue weighted by molar-refractivity contribution is -0.125. The first-order valence-electron chi connectivity index (χ1n) is 13.0. The van der Waals surface area contributed by atoms with E-state index in [1.807, 2.05) is 25.1 Å². The Labute approximate surface area is 215 Å². The Morgan fingerprint density at radius 1 is 0.972 bits per heavy atom. The number of carbonyl (C=O) groups excluding carboxylic acids is 2. The van der Waals surface area contributed by atoms with Crippen molar-refractivity contribution in [2.75, 3.05) is 0 Å². The van der Waals surface area contributed by atoms with Gasteiger partial charge >= 0.3 is 0 Å². The lowest BCUT2D eigenvalue weighted by Gasteiger charge is -2.31. The third kappa shape index (κ3) is 6.13. The average molecular weight is 489 g/mol. The standard InChI is InChI=1S/C31H40N2O3/c1-8-27(26(34)19-22-12-11-13-23(18-22)29(35)33-17-16-32-21-33)36-28-15-14-24(30(4,5)9-2)20-25(28)31(6,7)10-3/h11-18,20-21,27H,8-10,19H2,1-7H3. The van der Waals surface area contributed by atoms with Crippen molar-refractivity contribution >= 4 is 11.7 Å². The van der Waals surface area contributed by atoms with E-state index in [1.165, 1.54) is 16.5 Å². The maximum absolute atomic E-state index is 13.3. The molecule has 0 spiro atoms. The van der Waals surface area contributed by atoms with E-state index in [4.69, 9.17) is 4.74 Å². The van der Waals surface area contributed by atoms with Crippen LogP contribution in [0.25, 0.3) is 0 Å². The Morgan fingerprint density at radius 3 is 2.31 bits per heavy atom. The number of ketones is 1. The first-order valence-corrected chi connectivity index (χ1v) is 13.0. The lowest BCUT2D eigenvalue weighted by Crippen LogP contribution is -2.30. The summed E-state index contributed by atoms with van der Waals surface area (Å²) in [6.45, 7) is 15.3. The topological polar surface area (TPSA) is 61.2 Å². The van der Waals surface area contributed by atoms with Crippen LogP contribution in [0.5, 0.6) is 5.75 Å². The Balaban J connectivity index is 1.84. The van der Waals surface area contributed by atoms with Gasteiger partial charge in [0.25, 0.3) is 5.91 Å². The minimum absolute atomic E-state index is 0.00273. The average Bonchev–Trinajstić information content (AvgIpc) is 3.42. The number of imidazole rings is 1. The number of nitrogens with zero attached hydrogens (tertiary/aromatic N) is 2. The van der Waals surface area contributed by atoms with Crippen LogP contribution in [-0.2, 0) is 22.0 Å². The zero-order valence-electron chi connectivity index (χ0n) is 22.8. The largest absolute Gasteiger partial charge is 0.482 e. The number of carbonyl (C=O) groups is 2. The van der Waals surface area contributed by atoms with Gasteiger partial charge in [0.1, 0.15) is 12.1 Å². The van der Waals surface area contributed by atoms with Crippen molar-refractivity contribution in [1.82, 2.24) is 9.55 Å². The van der Waals surface area contributed by atoms with Crippen LogP contribution >= 0.6 is 0 Å². The van der Waals surface area contributed by atoms with Gasteiger partial charge in [0, 0.05) is 29.9 Å². The van der Waals surface area contributed by atoms with Gasteiger partial charge in [0.15, 0.2) is 11.9 Å². The van der Waals surface area contributed by atoms with E-state index in [0.29, 0.717) is 12.0 Å². The molecule has 192 valence electrons. The van der Waals surface area contributed by atoms with Crippen molar-refractivity contribution in [3.63, 3.8) is 0 Å². The van der Waals surface area contributed by atoms with Gasteiger partial charge in [-0.15, -0.1) is 0 Å². The normalized spacial score (nSPS) is 12.9. The molecule has 0 radical (unpaired) electrons. The van der Waals surface area contributed by atoms with E-state index in [9.17, 15) is 9.59 Å². The quantitative estimate of drug-likeness (QED) is 0.294. The van der Waals surface area contributed by atoms with Crippen molar-refractivity contribution in [2.45, 2.75) is 91.1 Å². The fraction of sp³-hybridized carbons (Fsp3) is 0.452. The van der Waals surface area contributed by atoms with Gasteiger partial charge in [-0.2, -0.15) is 0 Å². The van der Waals surface area contributed by atoms with Crippen LogP contribution in [-0.4, -0.2) is 27.3 Å². The summed E-state index contributed by atoms with van der Waals surface area (Å²) in [5.74, 6) is 0.608. The molecular formula is C31H40N2O3. The molecule has 0 saturated heterocycles. The second-order valence-electron chi connectivity index (χ2n) is 10.8. The molecule has 3 aromatic rings. The van der Waals surface area contributed by atoms with Crippen molar-refractivity contribution in [2.24, 2.45) is 0 Å². The fourth-order valence-electron chi connectivity index (χ4n) is 4.16. The first kappa shape index (κ1) is 27.4. The number of rotatable bonds is 11. The van der Waals surface area contributed by atoms with Gasteiger partial charge in [0.2, 0.25) is 0 Å². The molecule has 1 aromatic heterocycles. The van der Waals surface area contributed by atoms with Gasteiger partial charge in [0.05, 0.1) is 0 Å². The molecule has 5 heteroatoms. The van der Waals surface area contributed by atoms with Crippen LogP contribution in [0.15, 0.2) is 61.2 Å². The second kappa shape index (κ2) is 11.2. The van der Waals surface area contributed by atoms with Crippen LogP contribution in [0, 0.1) is 0 Å². The molecule has 2 aromatic carbocycles. The number of Topliss-reactive ketones (excluding diaryl/α,β-unsaturated/α-hetero) is 1. The number of benzene rings is 2. The molecule has 36 heavy (non-hydrogen) atoms. The molecule has 0 saturated carbocycles. The van der Waals surface area contributed by atoms with E-state index >= 15 is 0 Å². The summed E-state index contributed by atoms with van der Waals surface area (Å²) in [5.41, 5.74) is 3.72. The molecule has 5 nitrogen and oxygen atoms in total. The van der Waals surface area contributed by atoms with Gasteiger partial charge in [-0.1, -0.05) is 72.7 Å². The SMILES string of the molecule is CCC(Oc1ccc(C(C)(C)CC)cc1C(C)(C)CC)C(=O)Cc1cccc(C(=O)n2ccnc2)c1. The third-order valence-electron chi connectivity index (χ3n) is 7.55. The van der Waals surface area contributed by atoms with Gasteiger partial charge in [-0.05, 0) is 59.4 Å². The van der Waals surface area contributed by atoms with Gasteiger partial charge < -0.3 is 4.74 Å². The highest BCUT2D eigenvalue weighted by Crippen LogP contribution is 2.39. The van der Waals surface area contributed by atoms with Crippen LogP contribution in [0.3, 0.4) is 0 Å². The summed E-state index contributed by atoms with van der Waals surface area (Å²) >= 11 is 0. The Hall–Kier alpha value is -3.21. The fourth-order valence-corrected chi connectivity index (χ4v) is 4.16. The van der Waals surface area contributed by atoms with E-state index in [0.717, 1.165) is 29.7 Å². The monoisotopic (exact) mass is 488 g/mol. The maximum Gasteiger partial charge on any atom is 0.263 e. The number of hydrogen-bond acceptors (Lipinski definition) is 4. The van der Waals surface area contributed by atoms with Gasteiger partial charge in [-0.3, -0.25) is 14.2 Å². The number of ether oxygens (including phenoxy) is 1. The molecule has 1 unspecified atom stereocenters. The molecule has 1 heterocycles. The molecule has 0 aliphatic heterocycles. The van der Waals surface area contributed by atoms with Crippen molar-refractivity contribution in [1.29, 1.82) is 0 Å². The van der Waals surface area contributed by atoms with Crippen LogP contribution < -0.4 is 4.74 Å². The highest BCUT2D eigenvalue weighted by atomic mass is 16.5. The number of hydrogen-bond donors (Lipinski definition) is 0. The van der Waals surface area contributed by atoms with Gasteiger partial charge in [-0.25, -0.2) is 4.98 Å². The zero-order chi connectivity index (χ0) is 26.5. The first-order chi connectivity index (χ1) is 17.0. The number of aromatic nitrogens is 2. The molecule has 1 atom stereocenters. The van der Waals surface area contributed by atoms with Crippen molar-refractivity contribution in [3.05, 3.63) is 83.4 Å². The molecular weight excluding hydrogens is 448 g/mol. The van der Waals surface area contributed by atoms with E-state index in [-0.39, 0.29) is 28.9 Å². The van der Waals surface area contributed by atoms with E-state index in [1.54, 1.807) is 24.5 Å². The van der Waals surface area contributed by atoms with Crippen LogP contribution in [0.1, 0.15) is 94.8 Å². The Morgan fingerprint density at radius 2 is 1.69 bits per heavy atom. The summed E-state index contributed by atoms with van der Waals surface area (Å²) in [5, 5.41) is 0. The summed E-state index contributed by atoms with van der Waals surface area (Å²) in [6, 6.07) is 13.7. The summed E-state index contributed by atoms with van der Waals surface area (Å²) in [6.07, 6.45) is 6.87.